The Bertz CT molecular complexity index is 988. The summed E-state index contributed by atoms with van der Waals surface area (Å²) in [5, 5.41) is 6.44. The number of hydrogen-bond acceptors (Lipinski definition) is 6. The Morgan fingerprint density at radius 3 is 2.32 bits per heavy atom. The third kappa shape index (κ3) is 5.25. The zero-order chi connectivity index (χ0) is 19.9. The number of carbonyl (C=O) groups is 3. The van der Waals surface area contributed by atoms with E-state index in [2.05, 4.69) is 5.32 Å². The van der Waals surface area contributed by atoms with Gasteiger partial charge in [-0.3, -0.25) is 9.59 Å². The number of thiophene rings is 2. The molecule has 1 amide bonds. The van der Waals surface area contributed by atoms with Crippen LogP contribution in [-0.2, 0) is 14.3 Å². The molecule has 28 heavy (non-hydrogen) atoms. The van der Waals surface area contributed by atoms with Crippen LogP contribution in [0.5, 0.6) is 0 Å². The second kappa shape index (κ2) is 9.25. The molecule has 0 spiro atoms. The number of benzene rings is 1. The van der Waals surface area contributed by atoms with Crippen LogP contribution in [0.15, 0.2) is 59.3 Å². The van der Waals surface area contributed by atoms with Crippen LogP contribution in [0.2, 0.25) is 0 Å². The molecule has 0 unspecified atom stereocenters. The first-order chi connectivity index (χ1) is 13.5. The first-order valence-electron chi connectivity index (χ1n) is 8.40. The first kappa shape index (κ1) is 19.7. The van der Waals surface area contributed by atoms with Crippen molar-refractivity contribution in [1.82, 2.24) is 0 Å². The van der Waals surface area contributed by atoms with Gasteiger partial charge in [-0.05, 0) is 60.2 Å². The molecule has 0 saturated carbocycles. The monoisotopic (exact) mass is 411 g/mol. The molecule has 0 atom stereocenters. The first-order valence-corrected chi connectivity index (χ1v) is 10.2. The van der Waals surface area contributed by atoms with Crippen LogP contribution in [0.25, 0.3) is 11.6 Å². The molecule has 2 aromatic heterocycles. The maximum Gasteiger partial charge on any atom is 0.340 e. The summed E-state index contributed by atoms with van der Waals surface area (Å²) in [5.41, 5.74) is 1.50. The van der Waals surface area contributed by atoms with Gasteiger partial charge in [0, 0.05) is 21.0 Å². The van der Waals surface area contributed by atoms with Crippen molar-refractivity contribution in [3.63, 3.8) is 0 Å². The minimum atomic E-state index is -0.557. The third-order valence-corrected chi connectivity index (χ3v) is 5.47. The van der Waals surface area contributed by atoms with Crippen molar-refractivity contribution in [3.05, 3.63) is 74.6 Å². The molecule has 3 rings (SSSR count). The smallest absolute Gasteiger partial charge is 0.340 e. The van der Waals surface area contributed by atoms with Gasteiger partial charge in [0.2, 0.25) is 0 Å². The van der Waals surface area contributed by atoms with Gasteiger partial charge in [0.1, 0.15) is 0 Å². The minimum Gasteiger partial charge on any atom is -0.452 e. The molecule has 0 aliphatic rings. The van der Waals surface area contributed by atoms with E-state index in [4.69, 9.17) is 4.74 Å². The summed E-state index contributed by atoms with van der Waals surface area (Å²) in [5.74, 6) is -1.06. The van der Waals surface area contributed by atoms with Crippen molar-refractivity contribution in [2.75, 3.05) is 11.9 Å². The Balaban J connectivity index is 1.62. The molecular formula is C21H17NO4S2. The minimum absolute atomic E-state index is 0.0505. The molecular weight excluding hydrogens is 394 g/mol. The predicted octanol–water partition coefficient (Wildman–Crippen LogP) is 4.73. The molecule has 0 bridgehead atoms. The SMILES string of the molecule is CC(=O)c1ccc(NC(=O)COC(=O)/C(=C/c2cccs2)c2cccs2)cc1. The van der Waals surface area contributed by atoms with Crippen LogP contribution >= 0.6 is 22.7 Å². The van der Waals surface area contributed by atoms with Gasteiger partial charge in [0.25, 0.3) is 5.91 Å². The van der Waals surface area contributed by atoms with Crippen LogP contribution in [0.4, 0.5) is 5.69 Å². The van der Waals surface area contributed by atoms with E-state index in [1.54, 1.807) is 30.3 Å². The van der Waals surface area contributed by atoms with Crippen molar-refractivity contribution in [2.24, 2.45) is 0 Å². The number of hydrogen-bond donors (Lipinski definition) is 1. The highest BCUT2D eigenvalue weighted by molar-refractivity contribution is 7.12. The maximum atomic E-state index is 12.5. The lowest BCUT2D eigenvalue weighted by atomic mass is 10.1. The molecule has 1 aromatic carbocycles. The highest BCUT2D eigenvalue weighted by Gasteiger charge is 2.17. The van der Waals surface area contributed by atoms with Gasteiger partial charge < -0.3 is 10.1 Å². The summed E-state index contributed by atoms with van der Waals surface area (Å²) in [4.78, 5) is 37.6. The Morgan fingerprint density at radius 2 is 1.71 bits per heavy atom. The number of carbonyl (C=O) groups excluding carboxylic acids is 3. The Kier molecular flexibility index (Phi) is 6.52. The summed E-state index contributed by atoms with van der Waals surface area (Å²) in [6, 6.07) is 14.0. The summed E-state index contributed by atoms with van der Waals surface area (Å²) in [6.07, 6.45) is 1.76. The Labute approximate surface area is 170 Å². The molecule has 2 heterocycles. The number of amides is 1. The molecule has 1 N–H and O–H groups in total. The highest BCUT2D eigenvalue weighted by atomic mass is 32.1. The number of ether oxygens (including phenoxy) is 1. The normalized spacial score (nSPS) is 11.1. The van der Waals surface area contributed by atoms with E-state index in [0.717, 1.165) is 9.75 Å². The molecule has 7 heteroatoms. The fraction of sp³-hybridized carbons (Fsp3) is 0.0952. The average molecular weight is 412 g/mol. The lowest BCUT2D eigenvalue weighted by Crippen LogP contribution is -2.21. The second-order valence-electron chi connectivity index (χ2n) is 5.81. The number of anilines is 1. The number of esters is 1. The van der Waals surface area contributed by atoms with Crippen LogP contribution in [0.1, 0.15) is 27.0 Å². The van der Waals surface area contributed by atoms with Gasteiger partial charge in [-0.25, -0.2) is 4.79 Å². The number of rotatable bonds is 7. The number of Topliss-reactive ketones (excluding diaryl/α,β-unsaturated/α-hetero) is 1. The Morgan fingerprint density at radius 1 is 1.00 bits per heavy atom. The van der Waals surface area contributed by atoms with Gasteiger partial charge in [-0.1, -0.05) is 12.1 Å². The van der Waals surface area contributed by atoms with Gasteiger partial charge in [0.15, 0.2) is 12.4 Å². The van der Waals surface area contributed by atoms with Crippen molar-refractivity contribution in [1.29, 1.82) is 0 Å². The molecule has 3 aromatic rings. The van der Waals surface area contributed by atoms with Gasteiger partial charge >= 0.3 is 5.97 Å². The molecule has 0 saturated heterocycles. The fourth-order valence-electron chi connectivity index (χ4n) is 2.37. The van der Waals surface area contributed by atoms with Crippen molar-refractivity contribution in [2.45, 2.75) is 6.92 Å². The summed E-state index contributed by atoms with van der Waals surface area (Å²) in [7, 11) is 0. The maximum absolute atomic E-state index is 12.5. The lowest BCUT2D eigenvalue weighted by Gasteiger charge is -2.08. The molecule has 0 aliphatic carbocycles. The highest BCUT2D eigenvalue weighted by Crippen LogP contribution is 2.25. The Hall–Kier alpha value is -3.03. The van der Waals surface area contributed by atoms with Crippen molar-refractivity contribution >= 4 is 57.7 Å². The van der Waals surface area contributed by atoms with Gasteiger partial charge in [-0.2, -0.15) is 0 Å². The zero-order valence-corrected chi connectivity index (χ0v) is 16.6. The van der Waals surface area contributed by atoms with Crippen LogP contribution in [0, 0.1) is 0 Å². The van der Waals surface area contributed by atoms with Gasteiger partial charge in [-0.15, -0.1) is 22.7 Å². The van der Waals surface area contributed by atoms with Crippen molar-refractivity contribution < 1.29 is 19.1 Å². The van der Waals surface area contributed by atoms with E-state index in [-0.39, 0.29) is 5.78 Å². The van der Waals surface area contributed by atoms with E-state index in [0.29, 0.717) is 16.8 Å². The second-order valence-corrected chi connectivity index (χ2v) is 7.74. The molecule has 0 radical (unpaired) electrons. The fourth-order valence-corrected chi connectivity index (χ4v) is 3.76. The van der Waals surface area contributed by atoms with E-state index in [9.17, 15) is 14.4 Å². The van der Waals surface area contributed by atoms with E-state index in [1.807, 2.05) is 35.0 Å². The third-order valence-electron chi connectivity index (χ3n) is 3.75. The standard InChI is InChI=1S/C21H17NO4S2/c1-14(23)15-6-8-16(9-7-15)22-20(24)13-26-21(25)18(19-5-3-11-28-19)12-17-4-2-10-27-17/h2-12H,13H2,1H3,(H,22,24)/b18-12+. The van der Waals surface area contributed by atoms with Gasteiger partial charge in [0.05, 0.1) is 5.57 Å². The topological polar surface area (TPSA) is 72.5 Å². The van der Waals surface area contributed by atoms with E-state index >= 15 is 0 Å². The van der Waals surface area contributed by atoms with Crippen LogP contribution in [-0.4, -0.2) is 24.3 Å². The van der Waals surface area contributed by atoms with Crippen LogP contribution < -0.4 is 5.32 Å². The zero-order valence-electron chi connectivity index (χ0n) is 15.0. The number of nitrogens with one attached hydrogen (secondary N) is 1. The summed E-state index contributed by atoms with van der Waals surface area (Å²) in [6.45, 7) is 1.07. The van der Waals surface area contributed by atoms with Crippen LogP contribution in [0.3, 0.4) is 0 Å². The molecule has 0 fully saturated rings. The summed E-state index contributed by atoms with van der Waals surface area (Å²) < 4.78 is 5.21. The number of ketones is 1. The predicted molar refractivity (Wildman–Crippen MR) is 113 cm³/mol. The largest absolute Gasteiger partial charge is 0.452 e. The van der Waals surface area contributed by atoms with Crippen molar-refractivity contribution in [3.8, 4) is 0 Å². The summed E-state index contributed by atoms with van der Waals surface area (Å²) >= 11 is 2.94. The average Bonchev–Trinajstić information content (AvgIpc) is 3.38. The quantitative estimate of drug-likeness (QED) is 0.346. The van der Waals surface area contributed by atoms with E-state index in [1.165, 1.54) is 29.6 Å². The molecule has 0 aliphatic heterocycles. The lowest BCUT2D eigenvalue weighted by molar-refractivity contribution is -0.141. The van der Waals surface area contributed by atoms with E-state index < -0.39 is 18.5 Å². The molecule has 5 nitrogen and oxygen atoms in total. The molecule has 142 valence electrons.